The quantitative estimate of drug-likeness (QED) is 0.864. The maximum Gasteiger partial charge on any atom is 0.338 e. The van der Waals surface area contributed by atoms with Crippen molar-refractivity contribution in [2.75, 3.05) is 6.61 Å². The molecule has 0 aliphatic heterocycles. The first-order valence-corrected chi connectivity index (χ1v) is 8.07. The number of halogens is 1. The van der Waals surface area contributed by atoms with E-state index in [2.05, 4.69) is 19.2 Å². The summed E-state index contributed by atoms with van der Waals surface area (Å²) >= 11 is 5.76. The van der Waals surface area contributed by atoms with Gasteiger partial charge in [0, 0.05) is 11.1 Å². The Balaban J connectivity index is 1.80. The number of hydrogen-bond donors (Lipinski definition) is 1. The van der Waals surface area contributed by atoms with Gasteiger partial charge in [-0.15, -0.1) is 0 Å². The Labute approximate surface area is 136 Å². The molecule has 1 amide bonds. The van der Waals surface area contributed by atoms with Crippen molar-refractivity contribution in [1.82, 2.24) is 5.32 Å². The van der Waals surface area contributed by atoms with Gasteiger partial charge < -0.3 is 10.1 Å². The molecule has 0 saturated heterocycles. The van der Waals surface area contributed by atoms with Crippen LogP contribution < -0.4 is 5.32 Å². The first-order valence-electron chi connectivity index (χ1n) is 7.69. The van der Waals surface area contributed by atoms with Gasteiger partial charge in [-0.3, -0.25) is 4.79 Å². The molecule has 1 fully saturated rings. The van der Waals surface area contributed by atoms with Crippen LogP contribution in [-0.2, 0) is 9.53 Å². The number of amides is 1. The molecule has 5 heteroatoms. The van der Waals surface area contributed by atoms with Gasteiger partial charge in [0.05, 0.1) is 5.56 Å². The zero-order chi connectivity index (χ0) is 16.1. The molecule has 1 aliphatic rings. The molecule has 22 heavy (non-hydrogen) atoms. The number of esters is 1. The fourth-order valence-electron chi connectivity index (χ4n) is 2.83. The van der Waals surface area contributed by atoms with Crippen LogP contribution >= 0.6 is 11.6 Å². The van der Waals surface area contributed by atoms with Crippen molar-refractivity contribution in [2.24, 2.45) is 11.8 Å². The van der Waals surface area contributed by atoms with Crippen LogP contribution in [0, 0.1) is 11.8 Å². The van der Waals surface area contributed by atoms with Crippen LogP contribution in [-0.4, -0.2) is 24.5 Å². The smallest absolute Gasteiger partial charge is 0.338 e. The number of hydrogen-bond acceptors (Lipinski definition) is 3. The van der Waals surface area contributed by atoms with Crippen LogP contribution in [0.1, 0.15) is 43.5 Å². The van der Waals surface area contributed by atoms with Gasteiger partial charge in [-0.05, 0) is 42.5 Å². The second-order valence-electron chi connectivity index (χ2n) is 6.02. The van der Waals surface area contributed by atoms with Gasteiger partial charge in [0.2, 0.25) is 0 Å². The lowest BCUT2D eigenvalue weighted by Crippen LogP contribution is -2.45. The highest BCUT2D eigenvalue weighted by Gasteiger charge is 2.28. The minimum atomic E-state index is -0.517. The van der Waals surface area contributed by atoms with E-state index in [4.69, 9.17) is 16.3 Å². The number of rotatable bonds is 4. The summed E-state index contributed by atoms with van der Waals surface area (Å²) in [5.74, 6) is 0.297. The highest BCUT2D eigenvalue weighted by Crippen LogP contribution is 2.29. The Hall–Kier alpha value is -1.55. The molecule has 0 radical (unpaired) electrons. The molecule has 3 atom stereocenters. The molecule has 0 bridgehead atoms. The maximum atomic E-state index is 11.9. The van der Waals surface area contributed by atoms with Crippen LogP contribution in [0.15, 0.2) is 24.3 Å². The number of nitrogens with one attached hydrogen (secondary N) is 1. The van der Waals surface area contributed by atoms with E-state index < -0.39 is 5.97 Å². The van der Waals surface area contributed by atoms with E-state index in [0.29, 0.717) is 22.4 Å². The lowest BCUT2D eigenvalue weighted by molar-refractivity contribution is -0.125. The van der Waals surface area contributed by atoms with Crippen LogP contribution in [0.3, 0.4) is 0 Å². The van der Waals surface area contributed by atoms with Gasteiger partial charge in [0.25, 0.3) is 5.91 Å². The van der Waals surface area contributed by atoms with E-state index in [9.17, 15) is 9.59 Å². The normalized spacial score (nSPS) is 24.6. The Morgan fingerprint density at radius 2 is 1.91 bits per heavy atom. The molecule has 1 saturated carbocycles. The number of carbonyl (C=O) groups excluding carboxylic acids is 2. The monoisotopic (exact) mass is 323 g/mol. The average Bonchev–Trinajstić information content (AvgIpc) is 2.50. The molecule has 1 aliphatic carbocycles. The Morgan fingerprint density at radius 3 is 2.59 bits per heavy atom. The van der Waals surface area contributed by atoms with Gasteiger partial charge in [0.15, 0.2) is 6.61 Å². The molecule has 0 spiro atoms. The summed E-state index contributed by atoms with van der Waals surface area (Å²) < 4.78 is 5.04. The lowest BCUT2D eigenvalue weighted by Gasteiger charge is -2.34. The fraction of sp³-hybridized carbons (Fsp3) is 0.529. The molecule has 1 aromatic carbocycles. The molecule has 0 unspecified atom stereocenters. The predicted molar refractivity (Wildman–Crippen MR) is 85.8 cm³/mol. The molecule has 1 aromatic rings. The van der Waals surface area contributed by atoms with Gasteiger partial charge in [-0.25, -0.2) is 4.79 Å². The lowest BCUT2D eigenvalue weighted by atomic mass is 9.78. The molecule has 4 nitrogen and oxygen atoms in total. The summed E-state index contributed by atoms with van der Waals surface area (Å²) in [4.78, 5) is 23.8. The Morgan fingerprint density at radius 1 is 1.23 bits per heavy atom. The summed E-state index contributed by atoms with van der Waals surface area (Å²) in [6.07, 6.45) is 3.32. The third kappa shape index (κ3) is 4.47. The second-order valence-corrected chi connectivity index (χ2v) is 6.46. The number of benzene rings is 1. The maximum absolute atomic E-state index is 11.9. The van der Waals surface area contributed by atoms with Gasteiger partial charge in [-0.2, -0.15) is 0 Å². The predicted octanol–water partition coefficient (Wildman–Crippen LogP) is 3.44. The number of carbonyl (C=O) groups is 2. The summed E-state index contributed by atoms with van der Waals surface area (Å²) in [5, 5.41) is 3.53. The largest absolute Gasteiger partial charge is 0.452 e. The highest BCUT2D eigenvalue weighted by molar-refractivity contribution is 6.30. The van der Waals surface area contributed by atoms with E-state index in [-0.39, 0.29) is 18.6 Å². The third-order valence-corrected chi connectivity index (χ3v) is 4.72. The molecular formula is C17H22ClNO3. The molecular weight excluding hydrogens is 302 g/mol. The van der Waals surface area contributed by atoms with Crippen molar-refractivity contribution < 1.29 is 14.3 Å². The highest BCUT2D eigenvalue weighted by atomic mass is 35.5. The van der Waals surface area contributed by atoms with Crippen molar-refractivity contribution in [3.05, 3.63) is 34.9 Å². The van der Waals surface area contributed by atoms with Gasteiger partial charge in [0.1, 0.15) is 0 Å². The van der Waals surface area contributed by atoms with Crippen molar-refractivity contribution in [2.45, 2.75) is 39.2 Å². The fourth-order valence-corrected chi connectivity index (χ4v) is 2.96. The van der Waals surface area contributed by atoms with Crippen molar-refractivity contribution in [3.8, 4) is 0 Å². The first kappa shape index (κ1) is 16.8. The molecule has 0 aromatic heterocycles. The second kappa shape index (κ2) is 7.63. The van der Waals surface area contributed by atoms with Crippen LogP contribution in [0.25, 0.3) is 0 Å². The van der Waals surface area contributed by atoms with Gasteiger partial charge >= 0.3 is 5.97 Å². The average molecular weight is 324 g/mol. The van der Waals surface area contributed by atoms with E-state index in [1.54, 1.807) is 24.3 Å². The van der Waals surface area contributed by atoms with Crippen molar-refractivity contribution in [1.29, 1.82) is 0 Å². The summed E-state index contributed by atoms with van der Waals surface area (Å²) in [6.45, 7) is 4.12. The minimum absolute atomic E-state index is 0.172. The minimum Gasteiger partial charge on any atom is -0.452 e. The van der Waals surface area contributed by atoms with Gasteiger partial charge in [-0.1, -0.05) is 38.3 Å². The Kier molecular flexibility index (Phi) is 5.83. The van der Waals surface area contributed by atoms with Crippen molar-refractivity contribution >= 4 is 23.5 Å². The van der Waals surface area contributed by atoms with E-state index in [1.165, 1.54) is 6.42 Å². The van der Waals surface area contributed by atoms with Crippen LogP contribution in [0.5, 0.6) is 0 Å². The van der Waals surface area contributed by atoms with Crippen LogP contribution in [0.2, 0.25) is 5.02 Å². The standard InChI is InChI=1S/C17H22ClNO3/c1-11-4-3-5-15(12(11)2)19-16(20)10-22-17(21)13-6-8-14(18)9-7-13/h6-9,11-12,15H,3-5,10H2,1-2H3,(H,19,20)/t11-,12+,15-/m0/s1. The van der Waals surface area contributed by atoms with E-state index in [0.717, 1.165) is 12.8 Å². The molecule has 1 N–H and O–H groups in total. The molecule has 2 rings (SSSR count). The number of ether oxygens (including phenoxy) is 1. The van der Waals surface area contributed by atoms with E-state index >= 15 is 0 Å². The third-order valence-electron chi connectivity index (χ3n) is 4.47. The van der Waals surface area contributed by atoms with Crippen molar-refractivity contribution in [3.63, 3.8) is 0 Å². The molecule has 120 valence electrons. The zero-order valence-electron chi connectivity index (χ0n) is 13.0. The summed E-state index contributed by atoms with van der Waals surface area (Å²) in [5.41, 5.74) is 0.386. The zero-order valence-corrected chi connectivity index (χ0v) is 13.7. The summed E-state index contributed by atoms with van der Waals surface area (Å²) in [7, 11) is 0. The van der Waals surface area contributed by atoms with E-state index in [1.807, 2.05) is 0 Å². The van der Waals surface area contributed by atoms with Crippen LogP contribution in [0.4, 0.5) is 0 Å². The summed E-state index contributed by atoms with van der Waals surface area (Å²) in [6, 6.07) is 6.55. The topological polar surface area (TPSA) is 55.4 Å². The first-order chi connectivity index (χ1) is 10.5. The molecule has 0 heterocycles. The Bertz CT molecular complexity index is 529. The SMILES string of the molecule is C[C@H]1[C@@H](NC(=O)COC(=O)c2ccc(Cl)cc2)CCC[C@@H]1C.